The smallest absolute Gasteiger partial charge is 0.164 e. The van der Waals surface area contributed by atoms with Crippen molar-refractivity contribution in [1.82, 2.24) is 10.3 Å². The number of benzene rings is 2. The van der Waals surface area contributed by atoms with Crippen LogP contribution in [0.1, 0.15) is 42.7 Å². The largest absolute Gasteiger partial charge is 0.493 e. The van der Waals surface area contributed by atoms with E-state index in [1.807, 2.05) is 30.5 Å². The number of halogens is 1. The summed E-state index contributed by atoms with van der Waals surface area (Å²) in [5.41, 5.74) is 9.27. The van der Waals surface area contributed by atoms with Crippen LogP contribution in [0.25, 0.3) is 10.9 Å². The summed E-state index contributed by atoms with van der Waals surface area (Å²) in [6, 6.07) is 14.9. The van der Waals surface area contributed by atoms with E-state index >= 15 is 0 Å². The quantitative estimate of drug-likeness (QED) is 0.548. The van der Waals surface area contributed by atoms with Crippen molar-refractivity contribution in [2.24, 2.45) is 5.73 Å². The standard InChI is InChI=1S/C25H30ClN3O2/c1-30-24-5-3-4-21(25(24)31-2)22(15-29-18-9-7-17(27)8-10-18)19-12-13-28-23-14-16(26)6-11-20(19)23/h3-6,11-14,17-18,22,29H,7-10,15,27H2,1-2H3. The van der Waals surface area contributed by atoms with E-state index in [4.69, 9.17) is 26.8 Å². The molecule has 3 N–H and O–H groups in total. The van der Waals surface area contributed by atoms with Gasteiger partial charge in [0.1, 0.15) is 0 Å². The van der Waals surface area contributed by atoms with E-state index in [1.54, 1.807) is 14.2 Å². The molecule has 1 unspecified atom stereocenters. The van der Waals surface area contributed by atoms with E-state index < -0.39 is 0 Å². The van der Waals surface area contributed by atoms with Crippen LogP contribution in [0.5, 0.6) is 11.5 Å². The number of hydrogen-bond donors (Lipinski definition) is 2. The number of aromatic nitrogens is 1. The van der Waals surface area contributed by atoms with Gasteiger partial charge in [0.15, 0.2) is 11.5 Å². The van der Waals surface area contributed by atoms with Crippen molar-refractivity contribution < 1.29 is 9.47 Å². The van der Waals surface area contributed by atoms with Crippen LogP contribution >= 0.6 is 11.6 Å². The van der Waals surface area contributed by atoms with Gasteiger partial charge in [-0.1, -0.05) is 29.8 Å². The Bertz CT molecular complexity index is 1030. The van der Waals surface area contributed by atoms with Crippen molar-refractivity contribution in [3.63, 3.8) is 0 Å². The number of ether oxygens (including phenoxy) is 2. The van der Waals surface area contributed by atoms with Crippen molar-refractivity contribution in [2.45, 2.75) is 43.7 Å². The molecule has 5 nitrogen and oxygen atoms in total. The number of pyridine rings is 1. The van der Waals surface area contributed by atoms with Gasteiger partial charge in [-0.15, -0.1) is 0 Å². The number of hydrogen-bond acceptors (Lipinski definition) is 5. The zero-order valence-electron chi connectivity index (χ0n) is 18.1. The molecule has 0 radical (unpaired) electrons. The molecule has 3 aromatic rings. The molecular weight excluding hydrogens is 410 g/mol. The van der Waals surface area contributed by atoms with Crippen molar-refractivity contribution in [2.75, 3.05) is 20.8 Å². The predicted octanol–water partition coefficient (Wildman–Crippen LogP) is 4.90. The number of nitrogens with zero attached hydrogens (tertiary/aromatic N) is 1. The summed E-state index contributed by atoms with van der Waals surface area (Å²) in [5, 5.41) is 5.58. The van der Waals surface area contributed by atoms with Crippen LogP contribution in [-0.4, -0.2) is 37.8 Å². The van der Waals surface area contributed by atoms with Crippen molar-refractivity contribution in [1.29, 1.82) is 0 Å². The molecule has 0 saturated heterocycles. The fraction of sp³-hybridized carbons (Fsp3) is 0.400. The molecule has 0 bridgehead atoms. The molecule has 2 aromatic carbocycles. The van der Waals surface area contributed by atoms with E-state index in [-0.39, 0.29) is 5.92 Å². The fourth-order valence-electron chi connectivity index (χ4n) is 4.63. The number of nitrogens with one attached hydrogen (secondary N) is 1. The summed E-state index contributed by atoms with van der Waals surface area (Å²) in [4.78, 5) is 4.54. The van der Waals surface area contributed by atoms with E-state index in [0.717, 1.165) is 60.2 Å². The Hall–Kier alpha value is -2.34. The topological polar surface area (TPSA) is 69.4 Å². The van der Waals surface area contributed by atoms with Gasteiger partial charge in [-0.05, 0) is 55.5 Å². The SMILES string of the molecule is COc1cccc(C(CNC2CCC(N)CC2)c2ccnc3cc(Cl)ccc23)c1OC. The Morgan fingerprint density at radius 3 is 2.61 bits per heavy atom. The lowest BCUT2D eigenvalue weighted by Gasteiger charge is -2.30. The maximum absolute atomic E-state index is 6.23. The lowest BCUT2D eigenvalue weighted by Crippen LogP contribution is -2.39. The first-order valence-corrected chi connectivity index (χ1v) is 11.2. The van der Waals surface area contributed by atoms with Gasteiger partial charge in [0.05, 0.1) is 19.7 Å². The van der Waals surface area contributed by atoms with Crippen LogP contribution in [0.15, 0.2) is 48.7 Å². The minimum absolute atomic E-state index is 0.0623. The number of fused-ring (bicyclic) bond motifs is 1. The Labute approximate surface area is 188 Å². The molecule has 1 aliphatic rings. The summed E-state index contributed by atoms with van der Waals surface area (Å²) >= 11 is 6.23. The molecule has 31 heavy (non-hydrogen) atoms. The third-order valence-electron chi connectivity index (χ3n) is 6.31. The highest BCUT2D eigenvalue weighted by Crippen LogP contribution is 2.40. The fourth-order valence-corrected chi connectivity index (χ4v) is 4.80. The molecule has 1 aromatic heterocycles. The second-order valence-corrected chi connectivity index (χ2v) is 8.65. The molecule has 1 atom stereocenters. The Morgan fingerprint density at radius 1 is 1.06 bits per heavy atom. The van der Waals surface area contributed by atoms with Crippen LogP contribution in [0, 0.1) is 0 Å². The molecule has 164 valence electrons. The van der Waals surface area contributed by atoms with E-state index in [2.05, 4.69) is 28.5 Å². The van der Waals surface area contributed by atoms with Crippen LogP contribution < -0.4 is 20.5 Å². The number of rotatable bonds is 7. The Kier molecular flexibility index (Phi) is 6.96. The monoisotopic (exact) mass is 439 g/mol. The average Bonchev–Trinajstić information content (AvgIpc) is 2.79. The molecule has 4 rings (SSSR count). The summed E-state index contributed by atoms with van der Waals surface area (Å²) in [6.45, 7) is 0.783. The lowest BCUT2D eigenvalue weighted by atomic mass is 9.86. The molecular formula is C25H30ClN3O2. The summed E-state index contributed by atoms with van der Waals surface area (Å²) < 4.78 is 11.4. The number of para-hydroxylation sites is 1. The molecule has 6 heteroatoms. The second-order valence-electron chi connectivity index (χ2n) is 8.22. The highest BCUT2D eigenvalue weighted by Gasteiger charge is 2.25. The number of methoxy groups -OCH3 is 2. The van der Waals surface area contributed by atoms with Crippen LogP contribution in [-0.2, 0) is 0 Å². The minimum atomic E-state index is 0.0623. The highest BCUT2D eigenvalue weighted by atomic mass is 35.5. The van der Waals surface area contributed by atoms with Gasteiger partial charge < -0.3 is 20.5 Å². The normalized spacial score (nSPS) is 19.9. The van der Waals surface area contributed by atoms with Gasteiger partial charge in [0, 0.05) is 46.7 Å². The molecule has 1 heterocycles. The predicted molar refractivity (Wildman–Crippen MR) is 126 cm³/mol. The van der Waals surface area contributed by atoms with Crippen molar-refractivity contribution in [3.05, 3.63) is 64.8 Å². The third kappa shape index (κ3) is 4.79. The van der Waals surface area contributed by atoms with Crippen molar-refractivity contribution in [3.8, 4) is 11.5 Å². The molecule has 1 saturated carbocycles. The maximum Gasteiger partial charge on any atom is 0.164 e. The second kappa shape index (κ2) is 9.86. The Balaban J connectivity index is 1.75. The molecule has 0 aliphatic heterocycles. The minimum Gasteiger partial charge on any atom is -0.493 e. The first-order valence-electron chi connectivity index (χ1n) is 10.8. The van der Waals surface area contributed by atoms with Gasteiger partial charge in [0.2, 0.25) is 0 Å². The van der Waals surface area contributed by atoms with Gasteiger partial charge in [-0.3, -0.25) is 4.98 Å². The van der Waals surface area contributed by atoms with Crippen LogP contribution in [0.4, 0.5) is 0 Å². The molecule has 0 spiro atoms. The van der Waals surface area contributed by atoms with E-state index in [9.17, 15) is 0 Å². The molecule has 1 fully saturated rings. The average molecular weight is 440 g/mol. The van der Waals surface area contributed by atoms with Gasteiger partial charge in [0.25, 0.3) is 0 Å². The first-order chi connectivity index (χ1) is 15.1. The molecule has 1 aliphatic carbocycles. The number of nitrogens with two attached hydrogens (primary N) is 1. The van der Waals surface area contributed by atoms with Crippen molar-refractivity contribution >= 4 is 22.5 Å². The van der Waals surface area contributed by atoms with Crippen LogP contribution in [0.3, 0.4) is 0 Å². The van der Waals surface area contributed by atoms with Gasteiger partial charge >= 0.3 is 0 Å². The first kappa shape index (κ1) is 21.9. The van der Waals surface area contributed by atoms with Gasteiger partial charge in [-0.2, -0.15) is 0 Å². The summed E-state index contributed by atoms with van der Waals surface area (Å²) in [5.74, 6) is 1.56. The molecule has 0 amide bonds. The zero-order valence-corrected chi connectivity index (χ0v) is 18.9. The van der Waals surface area contributed by atoms with E-state index in [1.165, 1.54) is 5.56 Å². The van der Waals surface area contributed by atoms with Crippen LogP contribution in [0.2, 0.25) is 5.02 Å². The summed E-state index contributed by atoms with van der Waals surface area (Å²) in [7, 11) is 3.36. The lowest BCUT2D eigenvalue weighted by molar-refractivity contribution is 0.335. The summed E-state index contributed by atoms with van der Waals surface area (Å²) in [6.07, 6.45) is 6.21. The maximum atomic E-state index is 6.23. The third-order valence-corrected chi connectivity index (χ3v) is 6.54. The highest BCUT2D eigenvalue weighted by molar-refractivity contribution is 6.31. The Morgan fingerprint density at radius 2 is 1.87 bits per heavy atom. The van der Waals surface area contributed by atoms with Gasteiger partial charge in [-0.25, -0.2) is 0 Å². The van der Waals surface area contributed by atoms with E-state index in [0.29, 0.717) is 17.1 Å². The zero-order chi connectivity index (χ0) is 21.8.